The van der Waals surface area contributed by atoms with Gasteiger partial charge in [-0.15, -0.1) is 0 Å². The predicted octanol–water partition coefficient (Wildman–Crippen LogP) is 2.96. The van der Waals surface area contributed by atoms with Crippen molar-refractivity contribution >= 4 is 28.9 Å². The van der Waals surface area contributed by atoms with Crippen molar-refractivity contribution in [3.8, 4) is 0 Å². The molecule has 0 aliphatic heterocycles. The van der Waals surface area contributed by atoms with Gasteiger partial charge in [-0.25, -0.2) is 13.6 Å². The largest absolute Gasteiger partial charge is 0.478 e. The molecule has 0 aliphatic rings. The van der Waals surface area contributed by atoms with Crippen molar-refractivity contribution in [2.45, 2.75) is 6.92 Å². The molecule has 3 nitrogen and oxygen atoms in total. The number of hydrogen-bond donors (Lipinski definition) is 1. The van der Waals surface area contributed by atoms with Gasteiger partial charge < -0.3 is 5.11 Å². The van der Waals surface area contributed by atoms with Gasteiger partial charge in [0.1, 0.15) is 11.6 Å². The maximum absolute atomic E-state index is 13.3. The maximum atomic E-state index is 13.3. The van der Waals surface area contributed by atoms with Gasteiger partial charge in [0, 0.05) is 24.3 Å². The molecular weight excluding hydrogens is 262 g/mol. The van der Waals surface area contributed by atoms with Crippen LogP contribution in [0, 0.1) is 11.6 Å². The molecule has 0 atom stereocenters. The summed E-state index contributed by atoms with van der Waals surface area (Å²) in [5.41, 5.74) is -0.617. The van der Waals surface area contributed by atoms with Crippen LogP contribution in [0.2, 0.25) is 0 Å². The summed E-state index contributed by atoms with van der Waals surface area (Å²) in [6.07, 6.45) is 2.82. The van der Waals surface area contributed by atoms with Gasteiger partial charge in [-0.1, -0.05) is 23.9 Å². The van der Waals surface area contributed by atoms with Crippen molar-refractivity contribution in [3.05, 3.63) is 41.0 Å². The Bertz CT molecular complexity index is 512. The van der Waals surface area contributed by atoms with Gasteiger partial charge in [-0.05, 0) is 6.07 Å². The number of carboxylic acid groups (broad SMARTS) is 1. The molecule has 0 bridgehead atoms. The first-order valence-corrected chi connectivity index (χ1v) is 5.92. The Kier molecular flexibility index (Phi) is 5.03. The Morgan fingerprint density at radius 1 is 1.33 bits per heavy atom. The number of carbonyl (C=O) groups excluding carboxylic acids is 1. The summed E-state index contributed by atoms with van der Waals surface area (Å²) in [5, 5.41) is 8.61. The van der Waals surface area contributed by atoms with Crippen molar-refractivity contribution in [2.75, 3.05) is 5.75 Å². The quantitative estimate of drug-likeness (QED) is 0.915. The van der Waals surface area contributed by atoms with Gasteiger partial charge in [-0.3, -0.25) is 4.79 Å². The van der Waals surface area contributed by atoms with E-state index >= 15 is 0 Å². The standard InChI is InChI=1S/C12H10F2O3S/c1-7(15)18-4-2-3-8-5-9(12(16)17)11(14)6-10(8)13/h2-3,5-6H,4H2,1H3,(H,16,17). The molecule has 0 spiro atoms. The highest BCUT2D eigenvalue weighted by molar-refractivity contribution is 8.13. The number of benzene rings is 1. The summed E-state index contributed by atoms with van der Waals surface area (Å²) in [7, 11) is 0. The lowest BCUT2D eigenvalue weighted by Gasteiger charge is -2.01. The number of aromatic carboxylic acids is 1. The molecule has 0 aliphatic carbocycles. The highest BCUT2D eigenvalue weighted by Gasteiger charge is 2.13. The molecule has 1 aromatic rings. The summed E-state index contributed by atoms with van der Waals surface area (Å²) in [6.45, 7) is 1.40. The number of rotatable bonds is 4. The topological polar surface area (TPSA) is 54.4 Å². The molecule has 0 unspecified atom stereocenters. The van der Waals surface area contributed by atoms with Crippen LogP contribution in [0.3, 0.4) is 0 Å². The van der Waals surface area contributed by atoms with Crippen LogP contribution >= 0.6 is 11.8 Å². The zero-order chi connectivity index (χ0) is 13.7. The summed E-state index contributed by atoms with van der Waals surface area (Å²) < 4.78 is 26.4. The Labute approximate surface area is 107 Å². The van der Waals surface area contributed by atoms with E-state index < -0.39 is 23.2 Å². The third-order valence-corrected chi connectivity index (χ3v) is 2.76. The molecule has 1 N–H and O–H groups in total. The first kappa shape index (κ1) is 14.4. The van der Waals surface area contributed by atoms with E-state index in [2.05, 4.69) is 0 Å². The zero-order valence-corrected chi connectivity index (χ0v) is 10.3. The Morgan fingerprint density at radius 2 is 2.00 bits per heavy atom. The first-order chi connectivity index (χ1) is 8.41. The van der Waals surface area contributed by atoms with Gasteiger partial charge in [0.2, 0.25) is 0 Å². The van der Waals surface area contributed by atoms with Crippen molar-refractivity contribution < 1.29 is 23.5 Å². The second-order valence-corrected chi connectivity index (χ2v) is 4.56. The number of halogens is 2. The lowest BCUT2D eigenvalue weighted by Crippen LogP contribution is -2.02. The van der Waals surface area contributed by atoms with Gasteiger partial charge in [0.25, 0.3) is 0 Å². The highest BCUT2D eigenvalue weighted by Crippen LogP contribution is 2.17. The second kappa shape index (κ2) is 6.30. The van der Waals surface area contributed by atoms with Gasteiger partial charge in [-0.2, -0.15) is 0 Å². The molecule has 6 heteroatoms. The van der Waals surface area contributed by atoms with Crippen molar-refractivity contribution in [1.82, 2.24) is 0 Å². The van der Waals surface area contributed by atoms with Crippen LogP contribution in [0.4, 0.5) is 8.78 Å². The third-order valence-electron chi connectivity index (χ3n) is 2.00. The normalized spacial score (nSPS) is 10.8. The molecular formula is C12H10F2O3S. The average Bonchev–Trinajstić information content (AvgIpc) is 2.25. The van der Waals surface area contributed by atoms with Crippen LogP contribution in [0.5, 0.6) is 0 Å². The number of carboxylic acids is 1. The van der Waals surface area contributed by atoms with E-state index in [9.17, 15) is 18.4 Å². The van der Waals surface area contributed by atoms with E-state index in [1.54, 1.807) is 0 Å². The van der Waals surface area contributed by atoms with Crippen molar-refractivity contribution in [2.24, 2.45) is 0 Å². The van der Waals surface area contributed by atoms with Crippen LogP contribution in [-0.4, -0.2) is 21.9 Å². The Morgan fingerprint density at radius 3 is 2.56 bits per heavy atom. The minimum atomic E-state index is -1.46. The number of hydrogen-bond acceptors (Lipinski definition) is 3. The number of thioether (sulfide) groups is 1. The van der Waals surface area contributed by atoms with Gasteiger partial charge in [0.05, 0.1) is 5.56 Å². The fourth-order valence-electron chi connectivity index (χ4n) is 1.20. The molecule has 0 aromatic heterocycles. The Hall–Kier alpha value is -1.69. The van der Waals surface area contributed by atoms with Gasteiger partial charge >= 0.3 is 5.97 Å². The van der Waals surface area contributed by atoms with Crippen molar-refractivity contribution in [3.63, 3.8) is 0 Å². The van der Waals surface area contributed by atoms with Crippen LogP contribution in [0.25, 0.3) is 6.08 Å². The van der Waals surface area contributed by atoms with Crippen LogP contribution in [0.15, 0.2) is 18.2 Å². The molecule has 0 heterocycles. The average molecular weight is 272 g/mol. The van der Waals surface area contributed by atoms with Gasteiger partial charge in [0.15, 0.2) is 5.12 Å². The van der Waals surface area contributed by atoms with Crippen molar-refractivity contribution in [1.29, 1.82) is 0 Å². The van der Waals surface area contributed by atoms with Crippen LogP contribution in [0.1, 0.15) is 22.8 Å². The molecule has 96 valence electrons. The van der Waals surface area contributed by atoms with Crippen LogP contribution in [-0.2, 0) is 4.79 Å². The fourth-order valence-corrected chi connectivity index (χ4v) is 1.63. The monoisotopic (exact) mass is 272 g/mol. The maximum Gasteiger partial charge on any atom is 0.338 e. The minimum absolute atomic E-state index is 0.0297. The predicted molar refractivity (Wildman–Crippen MR) is 65.5 cm³/mol. The summed E-state index contributed by atoms with van der Waals surface area (Å²) in [5.74, 6) is -3.08. The molecule has 18 heavy (non-hydrogen) atoms. The second-order valence-electron chi connectivity index (χ2n) is 3.36. The van der Waals surface area contributed by atoms with E-state index in [0.29, 0.717) is 11.8 Å². The van der Waals surface area contributed by atoms with E-state index in [1.165, 1.54) is 19.1 Å². The molecule has 1 aromatic carbocycles. The van der Waals surface area contributed by atoms with E-state index in [4.69, 9.17) is 5.11 Å². The molecule has 0 fully saturated rings. The molecule has 0 saturated heterocycles. The van der Waals surface area contributed by atoms with E-state index in [-0.39, 0.29) is 10.7 Å². The van der Waals surface area contributed by atoms with Crippen LogP contribution < -0.4 is 0 Å². The SMILES string of the molecule is CC(=O)SCC=Cc1cc(C(=O)O)c(F)cc1F. The summed E-state index contributed by atoms with van der Waals surface area (Å²) in [4.78, 5) is 21.3. The lowest BCUT2D eigenvalue weighted by atomic mass is 10.1. The minimum Gasteiger partial charge on any atom is -0.478 e. The zero-order valence-electron chi connectivity index (χ0n) is 9.44. The third kappa shape index (κ3) is 3.96. The van der Waals surface area contributed by atoms with E-state index in [0.717, 1.165) is 17.8 Å². The fraction of sp³-hybridized carbons (Fsp3) is 0.167. The molecule has 0 saturated carbocycles. The first-order valence-electron chi connectivity index (χ1n) is 4.94. The number of carbonyl (C=O) groups is 2. The van der Waals surface area contributed by atoms with E-state index in [1.807, 2.05) is 0 Å². The smallest absolute Gasteiger partial charge is 0.338 e. The molecule has 0 radical (unpaired) electrons. The Balaban J connectivity index is 2.92. The highest BCUT2D eigenvalue weighted by atomic mass is 32.2. The molecule has 0 amide bonds. The molecule has 1 rings (SSSR count). The lowest BCUT2D eigenvalue weighted by molar-refractivity contribution is -0.109. The summed E-state index contributed by atoms with van der Waals surface area (Å²) in [6, 6.07) is 1.45. The summed E-state index contributed by atoms with van der Waals surface area (Å²) >= 11 is 1.03.